The molecule has 1 aromatic rings. The van der Waals surface area contributed by atoms with Crippen LogP contribution < -0.4 is 11.1 Å². The third kappa shape index (κ3) is 2.65. The molecule has 5 heteroatoms. The first-order chi connectivity index (χ1) is 8.86. The van der Waals surface area contributed by atoms with Crippen molar-refractivity contribution in [1.29, 1.82) is 0 Å². The van der Waals surface area contributed by atoms with E-state index in [-0.39, 0.29) is 22.6 Å². The Balaban J connectivity index is 2.09. The lowest BCUT2D eigenvalue weighted by molar-refractivity contribution is -0.0975. The molecule has 2 rings (SSSR count). The van der Waals surface area contributed by atoms with Crippen LogP contribution in [0.25, 0.3) is 0 Å². The fraction of sp³-hybridized carbons (Fsp3) is 0.571. The number of halogens is 2. The summed E-state index contributed by atoms with van der Waals surface area (Å²) in [7, 11) is 0. The molecule has 0 saturated heterocycles. The molecule has 1 aliphatic rings. The van der Waals surface area contributed by atoms with Gasteiger partial charge in [0.25, 0.3) is 0 Å². The van der Waals surface area contributed by atoms with E-state index in [1.54, 1.807) is 0 Å². The molecule has 0 amide bonds. The zero-order chi connectivity index (χ0) is 14.2. The summed E-state index contributed by atoms with van der Waals surface area (Å²) in [6.07, 6.45) is 1.12. The Bertz CT molecular complexity index is 479. The highest BCUT2D eigenvalue weighted by molar-refractivity contribution is 6.31. The molecule has 2 unspecified atom stereocenters. The molecular weight excluding hydrogens is 267 g/mol. The minimum atomic E-state index is -0.461. The monoisotopic (exact) mass is 286 g/mol. The van der Waals surface area contributed by atoms with E-state index in [4.69, 9.17) is 22.1 Å². The van der Waals surface area contributed by atoms with Crippen molar-refractivity contribution < 1.29 is 9.13 Å². The Morgan fingerprint density at radius 1 is 1.53 bits per heavy atom. The summed E-state index contributed by atoms with van der Waals surface area (Å²) in [6.45, 7) is 6.97. The molecular formula is C14H20ClFN2O. The third-order valence-electron chi connectivity index (χ3n) is 3.97. The number of nitrogen functional groups attached to an aromatic ring is 1. The molecule has 1 saturated carbocycles. The van der Waals surface area contributed by atoms with Gasteiger partial charge in [-0.05, 0) is 19.4 Å². The Labute approximate surface area is 118 Å². The van der Waals surface area contributed by atoms with Crippen LogP contribution in [0.3, 0.4) is 0 Å². The average molecular weight is 287 g/mol. The topological polar surface area (TPSA) is 47.3 Å². The van der Waals surface area contributed by atoms with Gasteiger partial charge in [-0.15, -0.1) is 0 Å². The lowest BCUT2D eigenvalue weighted by Crippen LogP contribution is -2.58. The fourth-order valence-corrected chi connectivity index (χ4v) is 2.66. The second-order valence-electron chi connectivity index (χ2n) is 5.55. The summed E-state index contributed by atoms with van der Waals surface area (Å²) in [6, 6.07) is 3.00. The number of benzene rings is 1. The quantitative estimate of drug-likeness (QED) is 0.830. The highest BCUT2D eigenvalue weighted by Crippen LogP contribution is 2.45. The van der Waals surface area contributed by atoms with E-state index in [0.717, 1.165) is 6.42 Å². The second kappa shape index (κ2) is 5.17. The maximum Gasteiger partial charge on any atom is 0.143 e. The first-order valence-corrected chi connectivity index (χ1v) is 6.86. The van der Waals surface area contributed by atoms with E-state index in [1.807, 2.05) is 6.92 Å². The minimum Gasteiger partial charge on any atom is -0.397 e. The van der Waals surface area contributed by atoms with Crippen LogP contribution in [-0.2, 0) is 4.74 Å². The second-order valence-corrected chi connectivity index (χ2v) is 5.96. The minimum absolute atomic E-state index is 0.00143. The summed E-state index contributed by atoms with van der Waals surface area (Å²) in [5.74, 6) is -0.461. The van der Waals surface area contributed by atoms with Gasteiger partial charge in [-0.2, -0.15) is 0 Å². The number of hydrogen-bond acceptors (Lipinski definition) is 3. The molecule has 106 valence electrons. The highest BCUT2D eigenvalue weighted by Gasteiger charge is 2.49. The van der Waals surface area contributed by atoms with E-state index in [1.165, 1.54) is 12.1 Å². The first-order valence-electron chi connectivity index (χ1n) is 6.49. The van der Waals surface area contributed by atoms with Gasteiger partial charge in [-0.25, -0.2) is 4.39 Å². The van der Waals surface area contributed by atoms with Gasteiger partial charge in [0.1, 0.15) is 5.82 Å². The van der Waals surface area contributed by atoms with Crippen molar-refractivity contribution in [2.75, 3.05) is 17.7 Å². The molecule has 0 aliphatic heterocycles. The Morgan fingerprint density at radius 2 is 2.21 bits per heavy atom. The predicted molar refractivity (Wildman–Crippen MR) is 77.0 cm³/mol. The van der Waals surface area contributed by atoms with Gasteiger partial charge in [0.15, 0.2) is 0 Å². The molecule has 0 heterocycles. The third-order valence-corrected chi connectivity index (χ3v) is 4.26. The smallest absolute Gasteiger partial charge is 0.143 e. The summed E-state index contributed by atoms with van der Waals surface area (Å²) >= 11 is 5.69. The molecule has 0 bridgehead atoms. The Kier molecular flexibility index (Phi) is 3.92. The summed E-state index contributed by atoms with van der Waals surface area (Å²) < 4.78 is 19.1. The van der Waals surface area contributed by atoms with Gasteiger partial charge in [0, 0.05) is 24.1 Å². The number of ether oxygens (including phenoxy) is 1. The zero-order valence-electron chi connectivity index (χ0n) is 11.5. The van der Waals surface area contributed by atoms with Crippen LogP contribution in [0.1, 0.15) is 27.2 Å². The number of rotatable bonds is 4. The van der Waals surface area contributed by atoms with Gasteiger partial charge in [0.05, 0.1) is 22.5 Å². The van der Waals surface area contributed by atoms with Crippen molar-refractivity contribution in [3.8, 4) is 0 Å². The Morgan fingerprint density at radius 3 is 2.79 bits per heavy atom. The summed E-state index contributed by atoms with van der Waals surface area (Å²) in [4.78, 5) is 0. The van der Waals surface area contributed by atoms with Crippen LogP contribution in [0.4, 0.5) is 15.8 Å². The van der Waals surface area contributed by atoms with Crippen molar-refractivity contribution in [2.45, 2.75) is 39.3 Å². The molecule has 3 nitrogen and oxygen atoms in total. The van der Waals surface area contributed by atoms with E-state index < -0.39 is 5.82 Å². The normalized spacial score (nSPS) is 24.9. The van der Waals surface area contributed by atoms with Gasteiger partial charge < -0.3 is 15.8 Å². The molecule has 2 atom stereocenters. The van der Waals surface area contributed by atoms with Gasteiger partial charge in [-0.1, -0.05) is 25.4 Å². The van der Waals surface area contributed by atoms with Crippen molar-refractivity contribution in [3.05, 3.63) is 23.0 Å². The van der Waals surface area contributed by atoms with E-state index in [2.05, 4.69) is 19.2 Å². The van der Waals surface area contributed by atoms with E-state index >= 15 is 0 Å². The van der Waals surface area contributed by atoms with E-state index in [9.17, 15) is 4.39 Å². The van der Waals surface area contributed by atoms with E-state index in [0.29, 0.717) is 18.0 Å². The van der Waals surface area contributed by atoms with Crippen LogP contribution in [0.15, 0.2) is 12.1 Å². The number of nitrogens with two attached hydrogens (primary N) is 1. The maximum atomic E-state index is 13.5. The van der Waals surface area contributed by atoms with Gasteiger partial charge >= 0.3 is 0 Å². The summed E-state index contributed by atoms with van der Waals surface area (Å²) in [5, 5.41) is 3.33. The predicted octanol–water partition coefficient (Wildman–Crippen LogP) is 3.68. The molecule has 1 fully saturated rings. The lowest BCUT2D eigenvalue weighted by atomic mass is 9.64. The molecule has 3 N–H and O–H groups in total. The largest absolute Gasteiger partial charge is 0.397 e. The van der Waals surface area contributed by atoms with Crippen LogP contribution in [0.5, 0.6) is 0 Å². The van der Waals surface area contributed by atoms with Crippen molar-refractivity contribution in [2.24, 2.45) is 5.41 Å². The molecule has 1 aliphatic carbocycles. The van der Waals surface area contributed by atoms with Crippen molar-refractivity contribution in [3.63, 3.8) is 0 Å². The number of hydrogen-bond donors (Lipinski definition) is 2. The first kappa shape index (κ1) is 14.4. The van der Waals surface area contributed by atoms with Crippen LogP contribution in [0.2, 0.25) is 5.02 Å². The fourth-order valence-electron chi connectivity index (χ4n) is 2.49. The zero-order valence-corrected chi connectivity index (χ0v) is 12.2. The van der Waals surface area contributed by atoms with Crippen LogP contribution >= 0.6 is 11.6 Å². The number of anilines is 2. The molecule has 1 aromatic carbocycles. The van der Waals surface area contributed by atoms with Gasteiger partial charge in [0.2, 0.25) is 0 Å². The van der Waals surface area contributed by atoms with Gasteiger partial charge in [-0.3, -0.25) is 0 Å². The molecule has 0 spiro atoms. The van der Waals surface area contributed by atoms with Crippen molar-refractivity contribution >= 4 is 23.0 Å². The van der Waals surface area contributed by atoms with Crippen LogP contribution in [-0.4, -0.2) is 18.8 Å². The molecule has 0 aromatic heterocycles. The van der Waals surface area contributed by atoms with Crippen LogP contribution in [0, 0.1) is 11.2 Å². The summed E-state index contributed by atoms with van der Waals surface area (Å²) in [5.41, 5.74) is 6.91. The standard InChI is InChI=1S/C14H20ClFN2O/c1-4-19-13-7-12(14(13,2)3)18-11-6-9(16)8(15)5-10(11)17/h5-6,12-13,18H,4,7,17H2,1-3H3. The number of nitrogens with one attached hydrogen (secondary N) is 1. The SMILES string of the molecule is CCOC1CC(Nc2cc(F)c(Cl)cc2N)C1(C)C. The average Bonchev–Trinajstić information content (AvgIpc) is 2.34. The highest BCUT2D eigenvalue weighted by atomic mass is 35.5. The van der Waals surface area contributed by atoms with Crippen molar-refractivity contribution in [1.82, 2.24) is 0 Å². The molecule has 0 radical (unpaired) electrons. The lowest BCUT2D eigenvalue weighted by Gasteiger charge is -2.52. The molecule has 19 heavy (non-hydrogen) atoms. The maximum absolute atomic E-state index is 13.5. The Hall–Kier alpha value is -1.00.